The van der Waals surface area contributed by atoms with Crippen molar-refractivity contribution in [3.05, 3.63) is 27.2 Å². The van der Waals surface area contributed by atoms with Crippen LogP contribution in [0.25, 0.3) is 0 Å². The minimum Gasteiger partial charge on any atom is -0.462 e. The molecule has 2 atom stereocenters. The normalized spacial score (nSPS) is 19.7. The molecule has 3 heterocycles. The van der Waals surface area contributed by atoms with Crippen molar-refractivity contribution in [2.24, 2.45) is 0 Å². The van der Waals surface area contributed by atoms with Gasteiger partial charge in [-0.1, -0.05) is 29.9 Å². The molecule has 0 spiro atoms. The number of aryl methyl sites for hydroxylation is 1. The number of piperidine rings is 1. The van der Waals surface area contributed by atoms with E-state index in [2.05, 4.69) is 25.6 Å². The molecule has 1 saturated carbocycles. The van der Waals surface area contributed by atoms with Gasteiger partial charge in [0.1, 0.15) is 4.88 Å². The third-order valence-electron chi connectivity index (χ3n) is 6.03. The lowest BCUT2D eigenvalue weighted by Gasteiger charge is -2.38. The number of halogens is 1. The highest BCUT2D eigenvalue weighted by Crippen LogP contribution is 2.31. The number of nitrogens with zero attached hydrogens (tertiary/aromatic N) is 3. The average molecular weight is 539 g/mol. The molecule has 1 saturated heterocycles. The number of hydrogen-bond donors (Lipinski definition) is 3. The van der Waals surface area contributed by atoms with E-state index in [0.717, 1.165) is 24.2 Å². The molecule has 36 heavy (non-hydrogen) atoms. The summed E-state index contributed by atoms with van der Waals surface area (Å²) in [4.78, 5) is 51.9. The molecule has 0 radical (unpaired) electrons. The van der Waals surface area contributed by atoms with Gasteiger partial charge in [-0.15, -0.1) is 0 Å². The fourth-order valence-electron chi connectivity index (χ4n) is 4.02. The molecule has 2 aromatic heterocycles. The maximum atomic E-state index is 12.8. The molecule has 0 bridgehead atoms. The quantitative estimate of drug-likeness (QED) is 0.392. The van der Waals surface area contributed by atoms with Crippen molar-refractivity contribution in [1.29, 1.82) is 0 Å². The zero-order valence-electron chi connectivity index (χ0n) is 20.6. The first-order chi connectivity index (χ1) is 17.3. The molecule has 1 aliphatic carbocycles. The molecule has 13 heteroatoms. The molecule has 11 nitrogen and oxygen atoms in total. The Morgan fingerprint density at radius 3 is 2.53 bits per heavy atom. The Balaban J connectivity index is 1.49. The van der Waals surface area contributed by atoms with Crippen LogP contribution < -0.4 is 15.5 Å². The van der Waals surface area contributed by atoms with Gasteiger partial charge in [-0.25, -0.2) is 14.8 Å². The number of aromatic amines is 1. The Hall–Kier alpha value is -2.70. The summed E-state index contributed by atoms with van der Waals surface area (Å²) in [7, 11) is 0. The van der Waals surface area contributed by atoms with Gasteiger partial charge in [-0.3, -0.25) is 9.59 Å². The summed E-state index contributed by atoms with van der Waals surface area (Å²) < 4.78 is 11.1. The number of imidazole rings is 1. The Morgan fingerprint density at radius 2 is 1.89 bits per heavy atom. The van der Waals surface area contributed by atoms with Crippen LogP contribution in [0.2, 0.25) is 5.15 Å². The molecule has 4 rings (SSSR count). The number of aromatic nitrogens is 3. The fourth-order valence-corrected chi connectivity index (χ4v) is 5.28. The summed E-state index contributed by atoms with van der Waals surface area (Å²) in [6.07, 6.45) is 2.74. The number of ether oxygens (including phenoxy) is 2. The standard InChI is InChI=1S/C23H31ClN6O5S/c1-4-13-18(24)29-19(26-13)21(32)27-14-9-10-30(11-15(14)34-5-2)23-28-16(20(31)25-12-7-8-12)17(36-23)22(33)35-6-3/h12,14-15H,4-11H2,1-3H3,(H,25,31)(H,26,29)(H,27,32)/t14-,15+/m1/s1. The number of rotatable bonds is 10. The van der Waals surface area contributed by atoms with Crippen LogP contribution in [0, 0.1) is 0 Å². The fraction of sp³-hybridized carbons (Fsp3) is 0.609. The van der Waals surface area contributed by atoms with Crippen molar-refractivity contribution in [3.8, 4) is 0 Å². The van der Waals surface area contributed by atoms with E-state index in [-0.39, 0.29) is 53.0 Å². The van der Waals surface area contributed by atoms with Crippen LogP contribution in [-0.4, -0.2) is 77.2 Å². The number of carbonyl (C=O) groups is 3. The van der Waals surface area contributed by atoms with Gasteiger partial charge in [0, 0.05) is 25.7 Å². The predicted octanol–water partition coefficient (Wildman–Crippen LogP) is 2.56. The van der Waals surface area contributed by atoms with Gasteiger partial charge in [0.05, 0.1) is 24.4 Å². The van der Waals surface area contributed by atoms with Gasteiger partial charge in [0.15, 0.2) is 21.8 Å². The number of anilines is 1. The minimum absolute atomic E-state index is 0.0881. The van der Waals surface area contributed by atoms with Crippen LogP contribution in [0.1, 0.15) is 76.5 Å². The van der Waals surface area contributed by atoms with Crippen molar-refractivity contribution in [2.45, 2.75) is 64.6 Å². The van der Waals surface area contributed by atoms with Crippen LogP contribution >= 0.6 is 22.9 Å². The van der Waals surface area contributed by atoms with Crippen molar-refractivity contribution in [2.75, 3.05) is 31.2 Å². The third kappa shape index (κ3) is 5.98. The third-order valence-corrected chi connectivity index (χ3v) is 7.44. The molecule has 0 aromatic carbocycles. The van der Waals surface area contributed by atoms with E-state index in [1.807, 2.05) is 18.7 Å². The Kier molecular flexibility index (Phi) is 8.47. The first-order valence-corrected chi connectivity index (χ1v) is 13.4. The van der Waals surface area contributed by atoms with Crippen molar-refractivity contribution < 1.29 is 23.9 Å². The van der Waals surface area contributed by atoms with Gasteiger partial charge < -0.3 is 30.0 Å². The molecular weight excluding hydrogens is 508 g/mol. The van der Waals surface area contributed by atoms with Crippen LogP contribution in [0.4, 0.5) is 5.13 Å². The van der Waals surface area contributed by atoms with Gasteiger partial charge in [-0.05, 0) is 39.5 Å². The summed E-state index contributed by atoms with van der Waals surface area (Å²) in [6, 6.07) is -0.124. The summed E-state index contributed by atoms with van der Waals surface area (Å²) in [5.41, 5.74) is 0.797. The van der Waals surface area contributed by atoms with Gasteiger partial charge >= 0.3 is 5.97 Å². The number of amides is 2. The van der Waals surface area contributed by atoms with Crippen molar-refractivity contribution in [3.63, 3.8) is 0 Å². The summed E-state index contributed by atoms with van der Waals surface area (Å²) in [5, 5.41) is 6.74. The van der Waals surface area contributed by atoms with Crippen LogP contribution in [-0.2, 0) is 15.9 Å². The number of thiazole rings is 1. The monoisotopic (exact) mass is 538 g/mol. The lowest BCUT2D eigenvalue weighted by atomic mass is 10.0. The van der Waals surface area contributed by atoms with Crippen molar-refractivity contribution >= 4 is 45.9 Å². The Bertz CT molecular complexity index is 1120. The molecule has 2 fully saturated rings. The van der Waals surface area contributed by atoms with Gasteiger partial charge in [0.25, 0.3) is 11.8 Å². The SMILES string of the molecule is CCOC(=O)c1sc(N2CC[C@@H](NC(=O)c3nc(Cl)c(CC)[nH]3)[C@@H](OCC)C2)nc1C(=O)NC1CC1. The maximum Gasteiger partial charge on any atom is 0.350 e. The smallest absolute Gasteiger partial charge is 0.350 e. The maximum absolute atomic E-state index is 12.8. The molecule has 2 aromatic rings. The second-order valence-electron chi connectivity index (χ2n) is 8.66. The summed E-state index contributed by atoms with van der Waals surface area (Å²) in [6.45, 7) is 7.17. The molecule has 2 amide bonds. The average Bonchev–Trinajstić information content (AvgIpc) is 3.41. The number of esters is 1. The van der Waals surface area contributed by atoms with E-state index in [1.54, 1.807) is 6.92 Å². The predicted molar refractivity (Wildman–Crippen MR) is 135 cm³/mol. The van der Waals surface area contributed by atoms with E-state index >= 15 is 0 Å². The van der Waals surface area contributed by atoms with Gasteiger partial charge in [-0.2, -0.15) is 0 Å². The first-order valence-electron chi connectivity index (χ1n) is 12.2. The zero-order valence-corrected chi connectivity index (χ0v) is 22.1. The zero-order chi connectivity index (χ0) is 25.8. The number of carbonyl (C=O) groups excluding carboxylic acids is 3. The Labute approximate surface area is 218 Å². The minimum atomic E-state index is -0.561. The van der Waals surface area contributed by atoms with E-state index in [4.69, 9.17) is 21.1 Å². The van der Waals surface area contributed by atoms with Crippen LogP contribution in [0.3, 0.4) is 0 Å². The number of hydrogen-bond acceptors (Lipinski definition) is 9. The molecule has 1 aliphatic heterocycles. The van der Waals surface area contributed by atoms with E-state index in [1.165, 1.54) is 0 Å². The highest BCUT2D eigenvalue weighted by molar-refractivity contribution is 7.17. The Morgan fingerprint density at radius 1 is 1.11 bits per heavy atom. The second kappa shape index (κ2) is 11.6. The van der Waals surface area contributed by atoms with E-state index in [9.17, 15) is 14.4 Å². The van der Waals surface area contributed by atoms with Gasteiger partial charge in [0.2, 0.25) is 0 Å². The largest absolute Gasteiger partial charge is 0.462 e. The molecular formula is C23H31ClN6O5S. The first kappa shape index (κ1) is 26.4. The highest BCUT2D eigenvalue weighted by atomic mass is 35.5. The molecule has 3 N–H and O–H groups in total. The number of H-pyrrole nitrogens is 1. The summed E-state index contributed by atoms with van der Waals surface area (Å²) >= 11 is 7.22. The topological polar surface area (TPSA) is 139 Å². The van der Waals surface area contributed by atoms with Crippen LogP contribution in [0.5, 0.6) is 0 Å². The van der Waals surface area contributed by atoms with E-state index in [0.29, 0.717) is 48.5 Å². The molecule has 0 unspecified atom stereocenters. The second-order valence-corrected chi connectivity index (χ2v) is 9.99. The highest BCUT2D eigenvalue weighted by Gasteiger charge is 2.35. The molecule has 2 aliphatic rings. The summed E-state index contributed by atoms with van der Waals surface area (Å²) in [5.74, 6) is -1.11. The lowest BCUT2D eigenvalue weighted by Crippen LogP contribution is -2.55. The van der Waals surface area contributed by atoms with Crippen LogP contribution in [0.15, 0.2) is 0 Å². The number of nitrogens with one attached hydrogen (secondary N) is 3. The van der Waals surface area contributed by atoms with E-state index < -0.39 is 5.97 Å². The lowest BCUT2D eigenvalue weighted by molar-refractivity contribution is 0.0271. The molecule has 196 valence electrons. The van der Waals surface area contributed by atoms with Crippen molar-refractivity contribution in [1.82, 2.24) is 25.6 Å².